The molecule has 3 heterocycles. The van der Waals surface area contributed by atoms with Crippen LogP contribution in [0.5, 0.6) is 0 Å². The predicted molar refractivity (Wildman–Crippen MR) is 88.5 cm³/mol. The molecule has 0 aliphatic heterocycles. The van der Waals surface area contributed by atoms with Crippen molar-refractivity contribution in [2.45, 2.75) is 0 Å². The molecular weight excluding hydrogens is 290 g/mol. The number of imidazole rings is 1. The zero-order valence-electron chi connectivity index (χ0n) is 12.8. The maximum Gasteiger partial charge on any atom is 0.283 e. The minimum absolute atomic E-state index is 0.126. The van der Waals surface area contributed by atoms with E-state index in [0.29, 0.717) is 5.52 Å². The molecule has 6 nitrogen and oxygen atoms in total. The van der Waals surface area contributed by atoms with Gasteiger partial charge in [0.25, 0.3) is 5.56 Å². The number of aryl methyl sites for hydroxylation is 2. The number of para-hydroxylation sites is 1. The van der Waals surface area contributed by atoms with Gasteiger partial charge in [-0.2, -0.15) is 5.10 Å². The van der Waals surface area contributed by atoms with Gasteiger partial charge < -0.3 is 4.57 Å². The third-order valence-electron chi connectivity index (χ3n) is 3.92. The van der Waals surface area contributed by atoms with E-state index < -0.39 is 0 Å². The Bertz CT molecular complexity index is 1060. The van der Waals surface area contributed by atoms with Crippen LogP contribution in [-0.4, -0.2) is 23.9 Å². The maximum absolute atomic E-state index is 12.8. The molecule has 0 saturated heterocycles. The fraction of sp³-hybridized carbons (Fsp3) is 0.118. The van der Waals surface area contributed by atoms with Crippen LogP contribution in [0.25, 0.3) is 27.8 Å². The molecule has 0 unspecified atom stereocenters. The molecule has 4 aromatic rings. The lowest BCUT2D eigenvalue weighted by Gasteiger charge is -2.10. The van der Waals surface area contributed by atoms with Crippen LogP contribution in [0.1, 0.15) is 0 Å². The first kappa shape index (κ1) is 13.5. The molecule has 0 radical (unpaired) electrons. The number of fused-ring (bicyclic) bond motifs is 1. The van der Waals surface area contributed by atoms with Gasteiger partial charge in [-0.3, -0.25) is 14.0 Å². The topological polar surface area (TPSA) is 57.6 Å². The number of rotatable bonds is 2. The Hall–Kier alpha value is -3.15. The molecule has 23 heavy (non-hydrogen) atoms. The van der Waals surface area contributed by atoms with E-state index in [1.807, 2.05) is 61.4 Å². The van der Waals surface area contributed by atoms with Crippen molar-refractivity contribution in [3.05, 3.63) is 65.6 Å². The van der Waals surface area contributed by atoms with E-state index in [-0.39, 0.29) is 5.56 Å². The van der Waals surface area contributed by atoms with Gasteiger partial charge in [0.2, 0.25) is 0 Å². The number of hydrogen-bond acceptors (Lipinski definition) is 3. The zero-order chi connectivity index (χ0) is 16.0. The number of pyridine rings is 1. The summed E-state index contributed by atoms with van der Waals surface area (Å²) in [4.78, 5) is 17.1. The fourth-order valence-corrected chi connectivity index (χ4v) is 2.82. The molecular formula is C17H15N5O. The van der Waals surface area contributed by atoms with E-state index in [2.05, 4.69) is 10.1 Å². The molecule has 6 heteroatoms. The Kier molecular flexibility index (Phi) is 2.90. The molecule has 4 rings (SSSR count). The highest BCUT2D eigenvalue weighted by atomic mass is 16.1. The van der Waals surface area contributed by atoms with Crippen molar-refractivity contribution in [3.63, 3.8) is 0 Å². The highest BCUT2D eigenvalue weighted by molar-refractivity contribution is 5.91. The minimum Gasteiger partial charge on any atom is -0.333 e. The van der Waals surface area contributed by atoms with Crippen LogP contribution in [0.3, 0.4) is 0 Å². The summed E-state index contributed by atoms with van der Waals surface area (Å²) in [6.07, 6.45) is 7.25. The van der Waals surface area contributed by atoms with Crippen LogP contribution < -0.4 is 5.56 Å². The molecule has 0 amide bonds. The summed E-state index contributed by atoms with van der Waals surface area (Å²) >= 11 is 0. The summed E-state index contributed by atoms with van der Waals surface area (Å²) in [7, 11) is 3.76. The first-order chi connectivity index (χ1) is 11.1. The summed E-state index contributed by atoms with van der Waals surface area (Å²) in [5, 5.41) is 4.24. The SMILES string of the molecule is Cn1cc(-c2cn(-c3ccccc3)c(=O)c3ncn(C)c23)cn1. The van der Waals surface area contributed by atoms with Gasteiger partial charge in [0, 0.05) is 43.3 Å². The van der Waals surface area contributed by atoms with Gasteiger partial charge in [-0.25, -0.2) is 4.98 Å². The summed E-state index contributed by atoms with van der Waals surface area (Å²) in [5.41, 5.74) is 3.84. The molecule has 114 valence electrons. The molecule has 0 aliphatic rings. The van der Waals surface area contributed by atoms with Gasteiger partial charge in [-0.15, -0.1) is 0 Å². The highest BCUT2D eigenvalue weighted by Gasteiger charge is 2.16. The number of hydrogen-bond donors (Lipinski definition) is 0. The van der Waals surface area contributed by atoms with E-state index in [9.17, 15) is 4.79 Å². The van der Waals surface area contributed by atoms with E-state index in [1.54, 1.807) is 21.8 Å². The zero-order valence-corrected chi connectivity index (χ0v) is 12.8. The van der Waals surface area contributed by atoms with E-state index in [1.165, 1.54) is 0 Å². The van der Waals surface area contributed by atoms with Gasteiger partial charge >= 0.3 is 0 Å². The van der Waals surface area contributed by atoms with Crippen LogP contribution in [0, 0.1) is 0 Å². The highest BCUT2D eigenvalue weighted by Crippen LogP contribution is 2.26. The van der Waals surface area contributed by atoms with Crippen LogP contribution in [0.2, 0.25) is 0 Å². The largest absolute Gasteiger partial charge is 0.333 e. The second kappa shape index (κ2) is 4.95. The molecule has 0 saturated carbocycles. The molecule has 0 N–H and O–H groups in total. The molecule has 3 aromatic heterocycles. The Morgan fingerprint density at radius 3 is 2.52 bits per heavy atom. The lowest BCUT2D eigenvalue weighted by atomic mass is 10.1. The van der Waals surface area contributed by atoms with Gasteiger partial charge in [0.15, 0.2) is 5.52 Å². The average Bonchev–Trinajstić information content (AvgIpc) is 3.16. The first-order valence-electron chi connectivity index (χ1n) is 7.26. The van der Waals surface area contributed by atoms with Crippen molar-refractivity contribution in [2.75, 3.05) is 0 Å². The lowest BCUT2D eigenvalue weighted by Crippen LogP contribution is -2.18. The fourth-order valence-electron chi connectivity index (χ4n) is 2.82. The first-order valence-corrected chi connectivity index (χ1v) is 7.26. The van der Waals surface area contributed by atoms with Gasteiger partial charge in [-0.1, -0.05) is 18.2 Å². The summed E-state index contributed by atoms with van der Waals surface area (Å²) in [6.45, 7) is 0. The second-order valence-electron chi connectivity index (χ2n) is 5.51. The quantitative estimate of drug-likeness (QED) is 0.570. The van der Waals surface area contributed by atoms with Crippen molar-refractivity contribution >= 4 is 11.0 Å². The summed E-state index contributed by atoms with van der Waals surface area (Å²) in [6, 6.07) is 9.56. The Morgan fingerprint density at radius 1 is 1.04 bits per heavy atom. The van der Waals surface area contributed by atoms with Gasteiger partial charge in [0.1, 0.15) is 0 Å². The van der Waals surface area contributed by atoms with Crippen LogP contribution in [-0.2, 0) is 14.1 Å². The molecule has 0 atom stereocenters. The van der Waals surface area contributed by atoms with Gasteiger partial charge in [-0.05, 0) is 12.1 Å². The van der Waals surface area contributed by atoms with Crippen LogP contribution in [0.4, 0.5) is 0 Å². The number of benzene rings is 1. The molecule has 0 bridgehead atoms. The maximum atomic E-state index is 12.8. The minimum atomic E-state index is -0.126. The van der Waals surface area contributed by atoms with E-state index >= 15 is 0 Å². The van der Waals surface area contributed by atoms with Crippen molar-refractivity contribution in [1.82, 2.24) is 23.9 Å². The van der Waals surface area contributed by atoms with Gasteiger partial charge in [0.05, 0.1) is 18.0 Å². The summed E-state index contributed by atoms with van der Waals surface area (Å²) in [5.74, 6) is 0. The van der Waals surface area contributed by atoms with Crippen LogP contribution in [0.15, 0.2) is 60.0 Å². The Morgan fingerprint density at radius 2 is 1.83 bits per heavy atom. The second-order valence-corrected chi connectivity index (χ2v) is 5.51. The smallest absolute Gasteiger partial charge is 0.283 e. The molecule has 0 aliphatic carbocycles. The lowest BCUT2D eigenvalue weighted by molar-refractivity contribution is 0.768. The standard InChI is InChI=1S/C17H15N5O/c1-20-11-18-15-16(20)14(12-8-19-21(2)9-12)10-22(17(15)23)13-6-4-3-5-7-13/h3-11H,1-2H3. The number of nitrogens with zero attached hydrogens (tertiary/aromatic N) is 5. The normalized spacial score (nSPS) is 11.2. The Balaban J connectivity index is 2.11. The predicted octanol–water partition coefficient (Wildman–Crippen LogP) is 2.12. The van der Waals surface area contributed by atoms with Crippen molar-refractivity contribution in [1.29, 1.82) is 0 Å². The third-order valence-corrected chi connectivity index (χ3v) is 3.92. The number of aromatic nitrogens is 5. The molecule has 0 fully saturated rings. The van der Waals surface area contributed by atoms with Crippen molar-refractivity contribution in [3.8, 4) is 16.8 Å². The summed E-state index contributed by atoms with van der Waals surface area (Å²) < 4.78 is 5.25. The molecule has 0 spiro atoms. The third kappa shape index (κ3) is 2.07. The Labute approximate surface area is 132 Å². The monoisotopic (exact) mass is 305 g/mol. The van der Waals surface area contributed by atoms with Crippen molar-refractivity contribution < 1.29 is 0 Å². The van der Waals surface area contributed by atoms with Crippen LogP contribution >= 0.6 is 0 Å². The average molecular weight is 305 g/mol. The van der Waals surface area contributed by atoms with E-state index in [0.717, 1.165) is 22.3 Å². The van der Waals surface area contributed by atoms with Crippen molar-refractivity contribution in [2.24, 2.45) is 14.1 Å². The molecule has 1 aromatic carbocycles. The van der Waals surface area contributed by atoms with E-state index in [4.69, 9.17) is 0 Å².